The van der Waals surface area contributed by atoms with Gasteiger partial charge in [-0.15, -0.1) is 13.2 Å². The van der Waals surface area contributed by atoms with E-state index in [1.165, 1.54) is 0 Å². The summed E-state index contributed by atoms with van der Waals surface area (Å²) in [6.07, 6.45) is 4.57. The molecule has 10 nitrogen and oxygen atoms in total. The number of ether oxygens (including phenoxy) is 2. The number of hydrogen-bond donors (Lipinski definition) is 2. The van der Waals surface area contributed by atoms with Crippen LogP contribution in [0, 0.1) is 25.7 Å². The monoisotopic (exact) mass is 671 g/mol. The van der Waals surface area contributed by atoms with Gasteiger partial charge in [0.2, 0.25) is 11.8 Å². The second-order valence-corrected chi connectivity index (χ2v) is 13.5. The van der Waals surface area contributed by atoms with E-state index in [1.807, 2.05) is 62.4 Å². The highest BCUT2D eigenvalue weighted by Crippen LogP contribution is 2.59. The summed E-state index contributed by atoms with van der Waals surface area (Å²) in [5.41, 5.74) is 2.11. The summed E-state index contributed by atoms with van der Waals surface area (Å²) in [7, 11) is 0. The molecule has 7 atom stereocenters. The van der Waals surface area contributed by atoms with E-state index in [4.69, 9.17) is 9.47 Å². The number of esters is 1. The number of nitrogens with one attached hydrogen (secondary N) is 1. The number of fused-ring (bicyclic) bond motifs is 1. The number of carbonyl (C=O) groups is 4. The number of allylic oxidation sites excluding steroid dienone is 1. The zero-order chi connectivity index (χ0) is 35.3. The molecule has 2 aromatic rings. The van der Waals surface area contributed by atoms with Gasteiger partial charge in [-0.3, -0.25) is 19.2 Å². The lowest BCUT2D eigenvalue weighted by molar-refractivity contribution is -0.162. The van der Waals surface area contributed by atoms with Crippen LogP contribution < -0.4 is 10.2 Å². The lowest BCUT2D eigenvalue weighted by Crippen LogP contribution is -2.56. The van der Waals surface area contributed by atoms with Crippen molar-refractivity contribution in [2.75, 3.05) is 24.6 Å². The number of amides is 3. The minimum atomic E-state index is -1.22. The summed E-state index contributed by atoms with van der Waals surface area (Å²) < 4.78 is 12.9. The first-order chi connectivity index (χ1) is 23.6. The third-order valence-electron chi connectivity index (χ3n) is 10.1. The molecule has 0 unspecified atom stereocenters. The van der Waals surface area contributed by atoms with Gasteiger partial charge in [0.05, 0.1) is 24.0 Å². The van der Waals surface area contributed by atoms with Gasteiger partial charge in [0.15, 0.2) is 0 Å². The molecule has 262 valence electrons. The smallest absolute Gasteiger partial charge is 0.313 e. The topological polar surface area (TPSA) is 125 Å². The fourth-order valence-corrected chi connectivity index (χ4v) is 7.87. The molecular formula is C39H49N3O7. The van der Waals surface area contributed by atoms with Gasteiger partial charge in [0.25, 0.3) is 5.91 Å². The van der Waals surface area contributed by atoms with E-state index in [0.717, 1.165) is 16.8 Å². The number of aliphatic hydroxyl groups is 1. The van der Waals surface area contributed by atoms with Gasteiger partial charge in [-0.05, 0) is 75.6 Å². The zero-order valence-electron chi connectivity index (χ0n) is 28.8. The standard InChI is InChI=1S/C39H49N3O7/c1-6-8-16-31(44)40-27(5)34(28-14-10-9-11-15-28)48-38(47)32-30-19-20-39(49-30)33(32)36(45)42(22-12-13-23-43)35(39)37(46)41(21-7-2)29-24-25(3)17-18-26(29)4/h6-7,9-11,14-15,17-18,24,27,30,32-35,43H,1-2,8,12-13,16,19-23H2,3-5H3,(H,40,44)/t27-,30+,32-,33-,34-,35+,39-/m1/s1. The summed E-state index contributed by atoms with van der Waals surface area (Å²) >= 11 is 0. The molecule has 0 saturated carbocycles. The minimum absolute atomic E-state index is 0.0446. The SMILES string of the molecule is C=CCCC(=O)N[C@H](C)[C@@H](OC(=O)[C@@H]1[C@@H]2CC[C@]3(O2)[C@H](C(=O)N(CC=C)c2cc(C)ccc2C)N(CCCCO)C(=O)[C@@H]13)c1ccccc1. The molecule has 3 aliphatic heterocycles. The maximum atomic E-state index is 14.8. The van der Waals surface area contributed by atoms with Gasteiger partial charge in [-0.25, -0.2) is 0 Å². The van der Waals surface area contributed by atoms with Crippen LogP contribution in [0.2, 0.25) is 0 Å². The Kier molecular flexibility index (Phi) is 11.4. The number of hydrogen-bond acceptors (Lipinski definition) is 7. The van der Waals surface area contributed by atoms with E-state index in [0.29, 0.717) is 37.7 Å². The van der Waals surface area contributed by atoms with Crippen LogP contribution in [0.15, 0.2) is 73.8 Å². The third kappa shape index (κ3) is 7.07. The van der Waals surface area contributed by atoms with Crippen molar-refractivity contribution in [1.82, 2.24) is 10.2 Å². The normalized spacial score (nSPS) is 25.0. The van der Waals surface area contributed by atoms with Crippen molar-refractivity contribution >= 4 is 29.4 Å². The summed E-state index contributed by atoms with van der Waals surface area (Å²) in [5, 5.41) is 12.5. The van der Waals surface area contributed by atoms with E-state index in [2.05, 4.69) is 18.5 Å². The number of rotatable bonds is 16. The molecule has 10 heteroatoms. The molecule has 3 fully saturated rings. The zero-order valence-corrected chi connectivity index (χ0v) is 28.8. The third-order valence-corrected chi connectivity index (χ3v) is 10.1. The minimum Gasteiger partial charge on any atom is -0.455 e. The Labute approximate surface area is 289 Å². The lowest BCUT2D eigenvalue weighted by Gasteiger charge is -2.37. The van der Waals surface area contributed by atoms with Gasteiger partial charge in [-0.1, -0.05) is 54.6 Å². The highest BCUT2D eigenvalue weighted by Gasteiger charge is 2.75. The van der Waals surface area contributed by atoms with Gasteiger partial charge < -0.3 is 29.7 Å². The first-order valence-electron chi connectivity index (χ1n) is 17.3. The Balaban J connectivity index is 1.48. The van der Waals surface area contributed by atoms with Crippen LogP contribution in [0.4, 0.5) is 5.69 Å². The van der Waals surface area contributed by atoms with Crippen molar-refractivity contribution in [2.45, 2.75) is 89.2 Å². The lowest BCUT2D eigenvalue weighted by atomic mass is 9.70. The second-order valence-electron chi connectivity index (χ2n) is 13.5. The fraction of sp³-hybridized carbons (Fsp3) is 0.487. The van der Waals surface area contributed by atoms with E-state index in [9.17, 15) is 24.3 Å². The van der Waals surface area contributed by atoms with Crippen LogP contribution in [0.25, 0.3) is 0 Å². The number of nitrogens with zero attached hydrogens (tertiary/aromatic N) is 2. The quantitative estimate of drug-likeness (QED) is 0.150. The predicted octanol–water partition coefficient (Wildman–Crippen LogP) is 4.72. The van der Waals surface area contributed by atoms with E-state index in [-0.39, 0.29) is 43.8 Å². The summed E-state index contributed by atoms with van der Waals surface area (Å²) in [6, 6.07) is 13.6. The van der Waals surface area contributed by atoms with Crippen molar-refractivity contribution < 1.29 is 33.8 Å². The molecule has 1 spiro atoms. The van der Waals surface area contributed by atoms with Gasteiger partial charge in [0.1, 0.15) is 17.7 Å². The summed E-state index contributed by atoms with van der Waals surface area (Å²) in [5.74, 6) is -3.23. The first kappa shape index (κ1) is 36.0. The van der Waals surface area contributed by atoms with Crippen molar-refractivity contribution in [3.05, 3.63) is 90.5 Å². The Morgan fingerprint density at radius 2 is 1.90 bits per heavy atom. The summed E-state index contributed by atoms with van der Waals surface area (Å²) in [4.78, 5) is 59.5. The van der Waals surface area contributed by atoms with E-state index in [1.54, 1.807) is 28.9 Å². The highest BCUT2D eigenvalue weighted by molar-refractivity contribution is 6.05. The largest absolute Gasteiger partial charge is 0.455 e. The van der Waals surface area contributed by atoms with Crippen molar-refractivity contribution in [1.29, 1.82) is 0 Å². The van der Waals surface area contributed by atoms with Crippen molar-refractivity contribution in [3.8, 4) is 0 Å². The van der Waals surface area contributed by atoms with Gasteiger partial charge in [0, 0.05) is 31.8 Å². The molecule has 5 rings (SSSR count). The Bertz CT molecular complexity index is 1560. The molecule has 3 aliphatic rings. The number of carbonyl (C=O) groups excluding carboxylic acids is 4. The van der Waals surface area contributed by atoms with E-state index < -0.39 is 47.7 Å². The Morgan fingerprint density at radius 3 is 2.59 bits per heavy atom. The van der Waals surface area contributed by atoms with Crippen LogP contribution in [0.1, 0.15) is 68.2 Å². The Hall–Kier alpha value is -4.28. The van der Waals surface area contributed by atoms with Crippen LogP contribution in [0.5, 0.6) is 0 Å². The van der Waals surface area contributed by atoms with Crippen LogP contribution in [-0.2, 0) is 28.7 Å². The molecule has 0 aliphatic carbocycles. The van der Waals surface area contributed by atoms with Crippen LogP contribution in [0.3, 0.4) is 0 Å². The molecule has 49 heavy (non-hydrogen) atoms. The van der Waals surface area contributed by atoms with E-state index >= 15 is 0 Å². The first-order valence-corrected chi connectivity index (χ1v) is 17.3. The molecule has 3 amide bonds. The molecule has 3 heterocycles. The molecule has 2 N–H and O–H groups in total. The molecule has 3 saturated heterocycles. The number of benzene rings is 2. The van der Waals surface area contributed by atoms with Gasteiger partial charge >= 0.3 is 5.97 Å². The van der Waals surface area contributed by atoms with Crippen LogP contribution in [-0.4, -0.2) is 77.2 Å². The van der Waals surface area contributed by atoms with Crippen LogP contribution >= 0.6 is 0 Å². The maximum Gasteiger partial charge on any atom is 0.313 e. The number of likely N-dealkylation sites (tertiary alicyclic amines) is 1. The fourth-order valence-electron chi connectivity index (χ4n) is 7.87. The number of unbranched alkanes of at least 4 members (excludes halogenated alkanes) is 1. The summed E-state index contributed by atoms with van der Waals surface area (Å²) in [6.45, 7) is 13.7. The Morgan fingerprint density at radius 1 is 1.14 bits per heavy atom. The molecule has 0 aromatic heterocycles. The highest BCUT2D eigenvalue weighted by atomic mass is 16.6. The average molecular weight is 672 g/mol. The predicted molar refractivity (Wildman–Crippen MR) is 186 cm³/mol. The molecule has 2 aromatic carbocycles. The molecular weight excluding hydrogens is 622 g/mol. The van der Waals surface area contributed by atoms with Crippen molar-refractivity contribution in [3.63, 3.8) is 0 Å². The molecule has 0 radical (unpaired) electrons. The molecule has 2 bridgehead atoms. The maximum absolute atomic E-state index is 14.8. The van der Waals surface area contributed by atoms with Gasteiger partial charge in [-0.2, -0.15) is 0 Å². The average Bonchev–Trinajstić information content (AvgIpc) is 3.73. The second kappa shape index (κ2) is 15.5. The van der Waals surface area contributed by atoms with Crippen molar-refractivity contribution in [2.24, 2.45) is 11.8 Å². The number of aryl methyl sites for hydroxylation is 2. The number of anilines is 1. The number of aliphatic hydroxyl groups excluding tert-OH is 1.